The Morgan fingerprint density at radius 1 is 1.50 bits per heavy atom. The van der Waals surface area contributed by atoms with Gasteiger partial charge in [0.2, 0.25) is 5.91 Å². The van der Waals surface area contributed by atoms with Gasteiger partial charge in [0, 0.05) is 0 Å². The van der Waals surface area contributed by atoms with Gasteiger partial charge in [-0.25, -0.2) is 4.31 Å². The third-order valence-corrected chi connectivity index (χ3v) is 3.50. The van der Waals surface area contributed by atoms with E-state index >= 15 is 0 Å². The van der Waals surface area contributed by atoms with Gasteiger partial charge in [-0.3, -0.25) is 9.35 Å². The number of hydrogen-bond acceptors (Lipinski definition) is 3. The number of carbonyl (C=O) groups excluding carboxylic acids is 1. The maximum Gasteiger partial charge on any atom is 0.362 e. The minimum absolute atomic E-state index is 0.362. The molecule has 1 amide bonds. The summed E-state index contributed by atoms with van der Waals surface area (Å²) in [5.74, 6) is -0.915. The first-order valence-corrected chi connectivity index (χ1v) is 4.90. The van der Waals surface area contributed by atoms with Crippen LogP contribution in [0.3, 0.4) is 0 Å². The van der Waals surface area contributed by atoms with Crippen molar-refractivity contribution in [1.29, 1.82) is 0 Å². The zero-order chi connectivity index (χ0) is 9.73. The van der Waals surface area contributed by atoms with Crippen molar-refractivity contribution in [2.45, 2.75) is 26.3 Å². The number of nitrogens with zero attached hydrogens (tertiary/aromatic N) is 1. The van der Waals surface area contributed by atoms with Gasteiger partial charge in [0.1, 0.15) is 0 Å². The molecular weight excluding hydrogens is 182 g/mol. The average Bonchev–Trinajstić information content (AvgIpc) is 1.83. The van der Waals surface area contributed by atoms with Crippen LogP contribution in [0.2, 0.25) is 0 Å². The summed E-state index contributed by atoms with van der Waals surface area (Å²) in [5.41, 5.74) is -0.801. The fraction of sp³-hybridized carbons (Fsp3) is 0.833. The first-order valence-electron chi connectivity index (χ1n) is 3.50. The molecule has 70 valence electrons. The molecule has 5 nitrogen and oxygen atoms in total. The highest BCUT2D eigenvalue weighted by atomic mass is 32.2. The summed E-state index contributed by atoms with van der Waals surface area (Å²) in [6, 6.07) is 0. The second-order valence-corrected chi connectivity index (χ2v) is 4.72. The molecule has 1 unspecified atom stereocenters. The maximum atomic E-state index is 11.0. The molecule has 0 spiro atoms. The first kappa shape index (κ1) is 9.47. The zero-order valence-electron chi connectivity index (χ0n) is 7.10. The molecule has 6 heteroatoms. The van der Waals surface area contributed by atoms with Crippen molar-refractivity contribution in [3.63, 3.8) is 0 Å². The minimum Gasteiger partial charge on any atom is -0.273 e. The molecule has 0 aliphatic carbocycles. The van der Waals surface area contributed by atoms with Crippen LogP contribution in [-0.2, 0) is 15.1 Å². The van der Waals surface area contributed by atoms with Crippen molar-refractivity contribution in [3.8, 4) is 0 Å². The second-order valence-electron chi connectivity index (χ2n) is 3.46. The Hall–Kier alpha value is -0.620. The van der Waals surface area contributed by atoms with Gasteiger partial charge in [-0.2, -0.15) is 8.42 Å². The molecule has 1 heterocycles. The summed E-state index contributed by atoms with van der Waals surface area (Å²) in [6.45, 7) is 4.81. The Labute approximate surface area is 71.2 Å². The quantitative estimate of drug-likeness (QED) is 0.471. The summed E-state index contributed by atoms with van der Waals surface area (Å²) in [4.78, 5) is 11.0. The van der Waals surface area contributed by atoms with Crippen molar-refractivity contribution in [1.82, 2.24) is 4.31 Å². The smallest absolute Gasteiger partial charge is 0.273 e. The predicted molar refractivity (Wildman–Crippen MR) is 41.6 cm³/mol. The van der Waals surface area contributed by atoms with Crippen molar-refractivity contribution >= 4 is 16.2 Å². The van der Waals surface area contributed by atoms with E-state index in [1.165, 1.54) is 0 Å². The number of β-lactam (4-membered cyclic amide) rings is 1. The number of hydrogen-bond donors (Lipinski definition) is 1. The monoisotopic (exact) mass is 193 g/mol. The largest absolute Gasteiger partial charge is 0.362 e. The van der Waals surface area contributed by atoms with Gasteiger partial charge >= 0.3 is 10.3 Å². The Kier molecular flexibility index (Phi) is 1.73. The Bertz CT molecular complexity index is 318. The van der Waals surface area contributed by atoms with Crippen LogP contribution in [0.5, 0.6) is 0 Å². The number of rotatable bonds is 1. The molecule has 1 saturated heterocycles. The minimum atomic E-state index is -4.37. The van der Waals surface area contributed by atoms with Gasteiger partial charge in [0.25, 0.3) is 0 Å². The molecule has 0 saturated carbocycles. The lowest BCUT2D eigenvalue weighted by molar-refractivity contribution is -0.153. The zero-order valence-corrected chi connectivity index (χ0v) is 7.92. The lowest BCUT2D eigenvalue weighted by Gasteiger charge is -2.49. The van der Waals surface area contributed by atoms with E-state index in [1.807, 2.05) is 0 Å². The molecule has 1 rings (SSSR count). The normalized spacial score (nSPS) is 28.5. The molecule has 1 aliphatic rings. The van der Waals surface area contributed by atoms with Gasteiger partial charge in [-0.05, 0) is 13.8 Å². The van der Waals surface area contributed by atoms with Gasteiger partial charge in [-0.1, -0.05) is 6.92 Å². The molecule has 1 atom stereocenters. The van der Waals surface area contributed by atoms with Gasteiger partial charge in [-0.15, -0.1) is 0 Å². The fourth-order valence-corrected chi connectivity index (χ4v) is 2.42. The number of carbonyl (C=O) groups is 1. The Morgan fingerprint density at radius 2 is 1.92 bits per heavy atom. The average molecular weight is 193 g/mol. The van der Waals surface area contributed by atoms with E-state index in [2.05, 4.69) is 0 Å². The lowest BCUT2D eigenvalue weighted by atomic mass is 9.80. The maximum absolute atomic E-state index is 11.0. The van der Waals surface area contributed by atoms with Crippen molar-refractivity contribution in [2.75, 3.05) is 0 Å². The van der Waals surface area contributed by atoms with Crippen molar-refractivity contribution < 1.29 is 17.8 Å². The van der Waals surface area contributed by atoms with Crippen LogP contribution in [0.15, 0.2) is 0 Å². The summed E-state index contributed by atoms with van der Waals surface area (Å²) in [5, 5.41) is 0. The summed E-state index contributed by atoms with van der Waals surface area (Å²) < 4.78 is 30.4. The van der Waals surface area contributed by atoms with Crippen LogP contribution < -0.4 is 0 Å². The van der Waals surface area contributed by atoms with Gasteiger partial charge in [0.05, 0.1) is 11.5 Å². The van der Waals surface area contributed by atoms with Gasteiger partial charge in [0.15, 0.2) is 0 Å². The first-order chi connectivity index (χ1) is 5.19. The van der Waals surface area contributed by atoms with E-state index in [0.717, 1.165) is 0 Å². The van der Waals surface area contributed by atoms with Crippen LogP contribution in [0.4, 0.5) is 0 Å². The topological polar surface area (TPSA) is 74.7 Å². The predicted octanol–water partition coefficient (Wildman–Crippen LogP) is 0.0461. The summed E-state index contributed by atoms with van der Waals surface area (Å²) in [7, 11) is -4.37. The lowest BCUT2D eigenvalue weighted by Crippen LogP contribution is -2.68. The van der Waals surface area contributed by atoms with Crippen LogP contribution in [0.25, 0.3) is 0 Å². The highest BCUT2D eigenvalue weighted by Gasteiger charge is 2.56. The van der Waals surface area contributed by atoms with E-state index in [9.17, 15) is 13.2 Å². The summed E-state index contributed by atoms with van der Waals surface area (Å²) in [6.07, 6.45) is 0. The van der Waals surface area contributed by atoms with E-state index in [0.29, 0.717) is 4.31 Å². The molecule has 0 aromatic carbocycles. The van der Waals surface area contributed by atoms with E-state index < -0.39 is 21.8 Å². The Morgan fingerprint density at radius 3 is 2.08 bits per heavy atom. The van der Waals surface area contributed by atoms with Crippen LogP contribution in [-0.4, -0.2) is 28.7 Å². The van der Waals surface area contributed by atoms with Crippen LogP contribution in [0, 0.1) is 5.92 Å². The molecule has 0 bridgehead atoms. The van der Waals surface area contributed by atoms with Crippen molar-refractivity contribution in [2.24, 2.45) is 5.92 Å². The highest BCUT2D eigenvalue weighted by Crippen LogP contribution is 2.38. The molecule has 1 fully saturated rings. The van der Waals surface area contributed by atoms with E-state index in [1.54, 1.807) is 20.8 Å². The second kappa shape index (κ2) is 2.20. The van der Waals surface area contributed by atoms with E-state index in [-0.39, 0.29) is 5.92 Å². The number of amides is 1. The SMILES string of the molecule is CC1C(=O)N(S(=O)(=O)O)C1(C)C. The molecule has 0 aromatic rings. The van der Waals surface area contributed by atoms with Gasteiger partial charge < -0.3 is 0 Å². The molecule has 12 heavy (non-hydrogen) atoms. The Balaban J connectivity index is 3.05. The van der Waals surface area contributed by atoms with Crippen LogP contribution in [0.1, 0.15) is 20.8 Å². The highest BCUT2D eigenvalue weighted by molar-refractivity contribution is 7.84. The third-order valence-electron chi connectivity index (χ3n) is 2.38. The van der Waals surface area contributed by atoms with E-state index in [4.69, 9.17) is 4.55 Å². The molecule has 1 aliphatic heterocycles. The molecular formula is C6H11NO4S. The summed E-state index contributed by atoms with van der Waals surface area (Å²) >= 11 is 0. The van der Waals surface area contributed by atoms with Crippen molar-refractivity contribution in [3.05, 3.63) is 0 Å². The third kappa shape index (κ3) is 1.02. The molecule has 1 N–H and O–H groups in total. The molecule has 0 aromatic heterocycles. The standard InChI is InChI=1S/C6H11NO4S/c1-4-5(8)7(6(4,2)3)12(9,10)11/h4H,1-3H3,(H,9,10,11). The van der Waals surface area contributed by atoms with Crippen LogP contribution >= 0.6 is 0 Å². The fourth-order valence-electron chi connectivity index (χ4n) is 1.28. The molecule has 0 radical (unpaired) electrons.